The number of rotatable bonds is 12. The number of hydrogen-bond donors (Lipinski definition) is 1. The van der Waals surface area contributed by atoms with Crippen LogP contribution >= 0.6 is 0 Å². The molecule has 1 N–H and O–H groups in total. The van der Waals surface area contributed by atoms with Crippen molar-refractivity contribution in [2.45, 2.75) is 71.8 Å². The molecule has 3 heteroatoms. The maximum absolute atomic E-state index is 5.35. The predicted molar refractivity (Wildman–Crippen MR) is 91.9 cm³/mol. The largest absolute Gasteiger partial charge is 0.383 e. The van der Waals surface area contributed by atoms with Crippen LogP contribution in [0.15, 0.2) is 0 Å². The van der Waals surface area contributed by atoms with E-state index in [4.69, 9.17) is 4.74 Å². The van der Waals surface area contributed by atoms with Gasteiger partial charge in [-0.1, -0.05) is 33.6 Å². The van der Waals surface area contributed by atoms with Gasteiger partial charge in [0, 0.05) is 32.8 Å². The number of nitrogens with one attached hydrogen (secondary N) is 1. The molecule has 3 nitrogen and oxygen atoms in total. The molecule has 0 aromatic heterocycles. The summed E-state index contributed by atoms with van der Waals surface area (Å²) >= 11 is 0. The zero-order valence-electron chi connectivity index (χ0n) is 14.9. The molecule has 0 heterocycles. The monoisotopic (exact) mass is 298 g/mol. The van der Waals surface area contributed by atoms with Crippen molar-refractivity contribution in [3.63, 3.8) is 0 Å². The van der Waals surface area contributed by atoms with Crippen LogP contribution in [0.5, 0.6) is 0 Å². The summed E-state index contributed by atoms with van der Waals surface area (Å²) in [6.07, 6.45) is 9.34. The number of ether oxygens (including phenoxy) is 1. The van der Waals surface area contributed by atoms with E-state index in [0.717, 1.165) is 19.7 Å². The quantitative estimate of drug-likeness (QED) is 0.556. The van der Waals surface area contributed by atoms with Crippen LogP contribution < -0.4 is 5.32 Å². The molecule has 126 valence electrons. The Morgan fingerprint density at radius 2 is 1.81 bits per heavy atom. The highest BCUT2D eigenvalue weighted by Gasteiger charge is 2.36. The molecule has 0 radical (unpaired) electrons. The Morgan fingerprint density at radius 1 is 1.14 bits per heavy atom. The van der Waals surface area contributed by atoms with Crippen LogP contribution in [0.2, 0.25) is 0 Å². The first-order valence-corrected chi connectivity index (χ1v) is 9.15. The first-order chi connectivity index (χ1) is 10.2. The molecule has 0 atom stereocenters. The fourth-order valence-electron chi connectivity index (χ4n) is 3.88. The van der Waals surface area contributed by atoms with Crippen molar-refractivity contribution in [1.82, 2.24) is 10.2 Å². The van der Waals surface area contributed by atoms with Crippen molar-refractivity contribution in [1.29, 1.82) is 0 Å². The molecule has 0 aromatic rings. The second-order valence-corrected chi connectivity index (χ2v) is 6.82. The molecule has 1 aliphatic carbocycles. The first kappa shape index (κ1) is 18.9. The van der Waals surface area contributed by atoms with Crippen molar-refractivity contribution >= 4 is 0 Å². The Bertz CT molecular complexity index is 248. The molecule has 1 saturated carbocycles. The van der Waals surface area contributed by atoms with Gasteiger partial charge in [-0.3, -0.25) is 4.90 Å². The van der Waals surface area contributed by atoms with E-state index in [2.05, 4.69) is 31.0 Å². The minimum absolute atomic E-state index is 0.505. The van der Waals surface area contributed by atoms with Crippen molar-refractivity contribution in [2.24, 2.45) is 5.41 Å². The van der Waals surface area contributed by atoms with E-state index in [-0.39, 0.29) is 0 Å². The SMILES string of the molecule is CCCNCC1(CN(CCOC)C(CC)CC)CCCC1. The van der Waals surface area contributed by atoms with E-state index in [1.807, 2.05) is 7.11 Å². The van der Waals surface area contributed by atoms with Gasteiger partial charge < -0.3 is 10.1 Å². The molecule has 21 heavy (non-hydrogen) atoms. The van der Waals surface area contributed by atoms with Crippen LogP contribution in [0.4, 0.5) is 0 Å². The highest BCUT2D eigenvalue weighted by atomic mass is 16.5. The lowest BCUT2D eigenvalue weighted by atomic mass is 9.84. The van der Waals surface area contributed by atoms with Crippen LogP contribution in [-0.2, 0) is 4.74 Å². The second kappa shape index (κ2) is 10.6. The first-order valence-electron chi connectivity index (χ1n) is 9.15. The molecule has 1 fully saturated rings. The van der Waals surface area contributed by atoms with Gasteiger partial charge in [-0.05, 0) is 44.1 Å². The van der Waals surface area contributed by atoms with Crippen LogP contribution in [0, 0.1) is 5.41 Å². The standard InChI is InChI=1S/C18H38N2O/c1-5-12-19-15-18(10-8-9-11-18)16-20(13-14-21-4)17(6-2)7-3/h17,19H,5-16H2,1-4H3. The van der Waals surface area contributed by atoms with Crippen LogP contribution in [-0.4, -0.2) is 50.8 Å². The van der Waals surface area contributed by atoms with Crippen molar-refractivity contribution in [2.75, 3.05) is 39.9 Å². The van der Waals surface area contributed by atoms with E-state index in [9.17, 15) is 0 Å². The predicted octanol–water partition coefficient (Wildman–Crippen LogP) is 3.68. The van der Waals surface area contributed by atoms with Gasteiger partial charge in [0.1, 0.15) is 0 Å². The molecule has 1 aliphatic rings. The van der Waals surface area contributed by atoms with Gasteiger partial charge >= 0.3 is 0 Å². The second-order valence-electron chi connectivity index (χ2n) is 6.82. The topological polar surface area (TPSA) is 24.5 Å². The summed E-state index contributed by atoms with van der Waals surface area (Å²) in [5.41, 5.74) is 0.505. The number of methoxy groups -OCH3 is 1. The summed E-state index contributed by atoms with van der Waals surface area (Å²) in [6.45, 7) is 12.4. The highest BCUT2D eigenvalue weighted by Crippen LogP contribution is 2.39. The van der Waals surface area contributed by atoms with E-state index < -0.39 is 0 Å². The average molecular weight is 299 g/mol. The lowest BCUT2D eigenvalue weighted by Gasteiger charge is -2.39. The molecule has 0 bridgehead atoms. The lowest BCUT2D eigenvalue weighted by Crippen LogP contribution is -2.47. The van der Waals surface area contributed by atoms with E-state index in [1.165, 1.54) is 58.0 Å². The van der Waals surface area contributed by atoms with E-state index >= 15 is 0 Å². The van der Waals surface area contributed by atoms with Gasteiger partial charge in [0.2, 0.25) is 0 Å². The summed E-state index contributed by atoms with van der Waals surface area (Å²) in [6, 6.07) is 0.712. The zero-order chi connectivity index (χ0) is 15.6. The fourth-order valence-corrected chi connectivity index (χ4v) is 3.88. The third-order valence-corrected chi connectivity index (χ3v) is 5.17. The molecule has 0 saturated heterocycles. The molecule has 1 rings (SSSR count). The fraction of sp³-hybridized carbons (Fsp3) is 1.00. The number of nitrogens with zero attached hydrogens (tertiary/aromatic N) is 1. The van der Waals surface area contributed by atoms with Crippen LogP contribution in [0.1, 0.15) is 65.7 Å². The van der Waals surface area contributed by atoms with Crippen LogP contribution in [0.25, 0.3) is 0 Å². The Hall–Kier alpha value is -0.120. The minimum Gasteiger partial charge on any atom is -0.383 e. The summed E-state index contributed by atoms with van der Waals surface area (Å²) in [4.78, 5) is 2.71. The Morgan fingerprint density at radius 3 is 2.33 bits per heavy atom. The maximum atomic E-state index is 5.35. The Labute approximate surface area is 132 Å². The van der Waals surface area contributed by atoms with E-state index in [0.29, 0.717) is 11.5 Å². The van der Waals surface area contributed by atoms with Crippen molar-refractivity contribution < 1.29 is 4.74 Å². The summed E-state index contributed by atoms with van der Waals surface area (Å²) in [5.74, 6) is 0. The number of hydrogen-bond acceptors (Lipinski definition) is 3. The molecular formula is C18H38N2O. The Kier molecular flexibility index (Phi) is 9.54. The molecular weight excluding hydrogens is 260 g/mol. The summed E-state index contributed by atoms with van der Waals surface area (Å²) in [7, 11) is 1.82. The molecule has 0 spiro atoms. The summed E-state index contributed by atoms with van der Waals surface area (Å²) in [5, 5.41) is 3.70. The zero-order valence-corrected chi connectivity index (χ0v) is 14.9. The van der Waals surface area contributed by atoms with Gasteiger partial charge in [-0.15, -0.1) is 0 Å². The summed E-state index contributed by atoms with van der Waals surface area (Å²) < 4.78 is 5.35. The third-order valence-electron chi connectivity index (χ3n) is 5.17. The van der Waals surface area contributed by atoms with Gasteiger partial charge in [0.05, 0.1) is 6.61 Å². The van der Waals surface area contributed by atoms with E-state index in [1.54, 1.807) is 0 Å². The molecule has 0 aliphatic heterocycles. The van der Waals surface area contributed by atoms with Gasteiger partial charge in [0.25, 0.3) is 0 Å². The maximum Gasteiger partial charge on any atom is 0.0589 e. The lowest BCUT2D eigenvalue weighted by molar-refractivity contribution is 0.0710. The van der Waals surface area contributed by atoms with Gasteiger partial charge in [-0.2, -0.15) is 0 Å². The van der Waals surface area contributed by atoms with Gasteiger partial charge in [-0.25, -0.2) is 0 Å². The Balaban J connectivity index is 2.65. The minimum atomic E-state index is 0.505. The van der Waals surface area contributed by atoms with Crippen LogP contribution in [0.3, 0.4) is 0 Å². The van der Waals surface area contributed by atoms with Crippen molar-refractivity contribution in [3.05, 3.63) is 0 Å². The van der Waals surface area contributed by atoms with Crippen molar-refractivity contribution in [3.8, 4) is 0 Å². The molecule has 0 aromatic carbocycles. The average Bonchev–Trinajstić information content (AvgIpc) is 2.95. The normalized spacial score (nSPS) is 18.0. The molecule has 0 unspecified atom stereocenters. The molecule has 0 amide bonds. The smallest absolute Gasteiger partial charge is 0.0589 e. The highest BCUT2D eigenvalue weighted by molar-refractivity contribution is 4.90. The van der Waals surface area contributed by atoms with Gasteiger partial charge in [0.15, 0.2) is 0 Å². The third kappa shape index (κ3) is 6.25.